The Labute approximate surface area is 121 Å². The van der Waals surface area contributed by atoms with Crippen LogP contribution in [0.1, 0.15) is 10.4 Å². The largest absolute Gasteiger partial charge is 0.497 e. The Bertz CT molecular complexity index is 674. The Morgan fingerprint density at radius 3 is 2.57 bits per heavy atom. The molecule has 0 unspecified atom stereocenters. The third-order valence-electron chi connectivity index (χ3n) is 2.84. The molecule has 0 aliphatic heterocycles. The Morgan fingerprint density at radius 1 is 1.14 bits per heavy atom. The summed E-state index contributed by atoms with van der Waals surface area (Å²) >= 11 is 0. The van der Waals surface area contributed by atoms with E-state index in [2.05, 4.69) is 5.32 Å². The van der Waals surface area contributed by atoms with Gasteiger partial charge in [-0.1, -0.05) is 0 Å². The number of nitrogens with one attached hydrogen (secondary N) is 1. The van der Waals surface area contributed by atoms with E-state index in [0.29, 0.717) is 22.7 Å². The van der Waals surface area contributed by atoms with Gasteiger partial charge >= 0.3 is 0 Å². The zero-order valence-corrected chi connectivity index (χ0v) is 11.6. The van der Waals surface area contributed by atoms with E-state index in [1.165, 1.54) is 38.5 Å². The Morgan fingerprint density at radius 2 is 1.90 bits per heavy atom. The molecule has 0 bridgehead atoms. The van der Waals surface area contributed by atoms with Crippen LogP contribution in [0, 0.1) is 5.82 Å². The summed E-state index contributed by atoms with van der Waals surface area (Å²) < 4.78 is 23.2. The lowest BCUT2D eigenvalue weighted by Crippen LogP contribution is -2.12. The summed E-state index contributed by atoms with van der Waals surface area (Å²) in [5.41, 5.74) is 6.87. The molecular formula is C15H15FN2O3. The second-order valence-electron chi connectivity index (χ2n) is 4.30. The van der Waals surface area contributed by atoms with Crippen LogP contribution in [0.3, 0.4) is 0 Å². The lowest BCUT2D eigenvalue weighted by molar-refractivity contribution is 0.102. The second-order valence-corrected chi connectivity index (χ2v) is 4.30. The molecule has 0 atom stereocenters. The first-order valence-corrected chi connectivity index (χ1v) is 6.13. The zero-order valence-electron chi connectivity index (χ0n) is 11.6. The molecule has 2 aromatic carbocycles. The molecule has 5 nitrogen and oxygen atoms in total. The van der Waals surface area contributed by atoms with Crippen molar-refractivity contribution in [1.29, 1.82) is 0 Å². The summed E-state index contributed by atoms with van der Waals surface area (Å²) in [5, 5.41) is 2.64. The van der Waals surface area contributed by atoms with Crippen molar-refractivity contribution < 1.29 is 18.7 Å². The van der Waals surface area contributed by atoms with Crippen molar-refractivity contribution in [3.8, 4) is 11.5 Å². The first-order valence-electron chi connectivity index (χ1n) is 6.13. The summed E-state index contributed by atoms with van der Waals surface area (Å²) in [6.45, 7) is 0. The third kappa shape index (κ3) is 3.42. The normalized spacial score (nSPS) is 10.0. The number of amides is 1. The number of carbonyl (C=O) groups is 1. The number of hydrogen-bond acceptors (Lipinski definition) is 4. The lowest BCUT2D eigenvalue weighted by Gasteiger charge is -2.09. The molecule has 21 heavy (non-hydrogen) atoms. The molecule has 2 aromatic rings. The van der Waals surface area contributed by atoms with E-state index in [9.17, 15) is 9.18 Å². The van der Waals surface area contributed by atoms with Crippen LogP contribution in [0.4, 0.5) is 15.8 Å². The minimum absolute atomic E-state index is 0.0537. The van der Waals surface area contributed by atoms with Gasteiger partial charge in [0.25, 0.3) is 5.91 Å². The standard InChI is InChI=1S/C15H15FN2O3/c1-20-12-6-9(5-10(17)7-12)15(19)18-11-3-4-13(16)14(8-11)21-2/h3-8H,17H2,1-2H3,(H,18,19). The molecule has 0 spiro atoms. The van der Waals surface area contributed by atoms with Crippen molar-refractivity contribution >= 4 is 17.3 Å². The minimum Gasteiger partial charge on any atom is -0.497 e. The van der Waals surface area contributed by atoms with E-state index in [-0.39, 0.29) is 11.7 Å². The zero-order chi connectivity index (χ0) is 15.4. The highest BCUT2D eigenvalue weighted by Crippen LogP contribution is 2.23. The number of hydrogen-bond donors (Lipinski definition) is 2. The predicted molar refractivity (Wildman–Crippen MR) is 78.3 cm³/mol. The number of benzene rings is 2. The highest BCUT2D eigenvalue weighted by atomic mass is 19.1. The number of nitrogens with two attached hydrogens (primary N) is 1. The second kappa shape index (κ2) is 6.13. The van der Waals surface area contributed by atoms with E-state index in [1.807, 2.05) is 0 Å². The van der Waals surface area contributed by atoms with Crippen LogP contribution in [0.5, 0.6) is 11.5 Å². The van der Waals surface area contributed by atoms with Crippen LogP contribution in [0.15, 0.2) is 36.4 Å². The average Bonchev–Trinajstić information content (AvgIpc) is 2.48. The van der Waals surface area contributed by atoms with E-state index < -0.39 is 5.82 Å². The number of nitrogen functional groups attached to an aromatic ring is 1. The van der Waals surface area contributed by atoms with Gasteiger partial charge < -0.3 is 20.5 Å². The summed E-state index contributed by atoms with van der Waals surface area (Å²) in [5.74, 6) is -0.342. The summed E-state index contributed by atoms with van der Waals surface area (Å²) in [6, 6.07) is 8.76. The average molecular weight is 290 g/mol. The minimum atomic E-state index is -0.499. The Kier molecular flexibility index (Phi) is 4.27. The van der Waals surface area contributed by atoms with Crippen molar-refractivity contribution in [1.82, 2.24) is 0 Å². The van der Waals surface area contributed by atoms with Crippen molar-refractivity contribution in [3.05, 3.63) is 47.8 Å². The number of anilines is 2. The molecule has 0 aliphatic rings. The van der Waals surface area contributed by atoms with Crippen LogP contribution in [0.2, 0.25) is 0 Å². The molecule has 1 amide bonds. The molecule has 0 fully saturated rings. The summed E-state index contributed by atoms with van der Waals surface area (Å²) in [6.07, 6.45) is 0. The van der Waals surface area contributed by atoms with Gasteiger partial charge in [0.1, 0.15) is 5.75 Å². The first-order chi connectivity index (χ1) is 10.0. The molecule has 0 aromatic heterocycles. The highest BCUT2D eigenvalue weighted by Gasteiger charge is 2.10. The number of methoxy groups -OCH3 is 2. The fourth-order valence-corrected chi connectivity index (χ4v) is 1.81. The molecule has 0 saturated carbocycles. The van der Waals surface area contributed by atoms with Crippen LogP contribution < -0.4 is 20.5 Å². The van der Waals surface area contributed by atoms with Gasteiger partial charge in [-0.2, -0.15) is 0 Å². The number of carbonyl (C=O) groups excluding carboxylic acids is 1. The maximum Gasteiger partial charge on any atom is 0.255 e. The fraction of sp³-hybridized carbons (Fsp3) is 0.133. The SMILES string of the molecule is COc1cc(N)cc(C(=O)Nc2ccc(F)c(OC)c2)c1. The molecular weight excluding hydrogens is 275 g/mol. The molecule has 0 aliphatic carbocycles. The van der Waals surface area contributed by atoms with Gasteiger partial charge in [0.05, 0.1) is 14.2 Å². The molecule has 2 rings (SSSR count). The van der Waals surface area contributed by atoms with Crippen LogP contribution in [0.25, 0.3) is 0 Å². The molecule has 110 valence electrons. The number of halogens is 1. The topological polar surface area (TPSA) is 73.6 Å². The smallest absolute Gasteiger partial charge is 0.255 e. The number of rotatable bonds is 4. The molecule has 0 saturated heterocycles. The summed E-state index contributed by atoms with van der Waals surface area (Å²) in [4.78, 5) is 12.2. The maximum atomic E-state index is 13.3. The molecule has 0 radical (unpaired) electrons. The van der Waals surface area contributed by atoms with Gasteiger partial charge in [-0.25, -0.2) is 4.39 Å². The van der Waals surface area contributed by atoms with Gasteiger partial charge in [0.15, 0.2) is 11.6 Å². The van der Waals surface area contributed by atoms with Crippen molar-refractivity contribution in [3.63, 3.8) is 0 Å². The molecule has 3 N–H and O–H groups in total. The van der Waals surface area contributed by atoms with Crippen molar-refractivity contribution in [2.24, 2.45) is 0 Å². The van der Waals surface area contributed by atoms with Gasteiger partial charge in [-0.15, -0.1) is 0 Å². The van der Waals surface area contributed by atoms with Gasteiger partial charge in [-0.3, -0.25) is 4.79 Å². The summed E-state index contributed by atoms with van der Waals surface area (Å²) in [7, 11) is 2.84. The first kappa shape index (κ1) is 14.6. The maximum absolute atomic E-state index is 13.3. The van der Waals surface area contributed by atoms with Crippen LogP contribution in [-0.4, -0.2) is 20.1 Å². The van der Waals surface area contributed by atoms with Crippen LogP contribution in [-0.2, 0) is 0 Å². The van der Waals surface area contributed by atoms with E-state index in [1.54, 1.807) is 12.1 Å². The van der Waals surface area contributed by atoms with Crippen LogP contribution >= 0.6 is 0 Å². The molecule has 0 heterocycles. The third-order valence-corrected chi connectivity index (χ3v) is 2.84. The lowest BCUT2D eigenvalue weighted by atomic mass is 10.1. The van der Waals surface area contributed by atoms with E-state index in [4.69, 9.17) is 15.2 Å². The predicted octanol–water partition coefficient (Wildman–Crippen LogP) is 2.68. The Hall–Kier alpha value is -2.76. The Balaban J connectivity index is 2.23. The van der Waals surface area contributed by atoms with Crippen molar-refractivity contribution in [2.45, 2.75) is 0 Å². The van der Waals surface area contributed by atoms with Crippen molar-refractivity contribution in [2.75, 3.05) is 25.3 Å². The number of ether oxygens (including phenoxy) is 2. The van der Waals surface area contributed by atoms with Gasteiger partial charge in [0, 0.05) is 29.1 Å². The van der Waals surface area contributed by atoms with E-state index in [0.717, 1.165) is 0 Å². The monoisotopic (exact) mass is 290 g/mol. The fourth-order valence-electron chi connectivity index (χ4n) is 1.81. The van der Waals surface area contributed by atoms with Gasteiger partial charge in [-0.05, 0) is 24.3 Å². The van der Waals surface area contributed by atoms with Gasteiger partial charge in [0.2, 0.25) is 0 Å². The molecule has 6 heteroatoms. The highest BCUT2D eigenvalue weighted by molar-refractivity contribution is 6.05. The van der Waals surface area contributed by atoms with E-state index >= 15 is 0 Å². The quantitative estimate of drug-likeness (QED) is 0.849.